The first-order valence-electron chi connectivity index (χ1n) is 13.2. The molecule has 4 rings (SSSR count). The minimum atomic E-state index is -0.429. The highest BCUT2D eigenvalue weighted by molar-refractivity contribution is 5.99. The van der Waals surface area contributed by atoms with Crippen LogP contribution in [0.1, 0.15) is 89.5 Å². The molecule has 184 valence electrons. The van der Waals surface area contributed by atoms with Gasteiger partial charge in [0, 0.05) is 0 Å². The van der Waals surface area contributed by atoms with Crippen molar-refractivity contribution in [2.45, 2.75) is 88.9 Å². The van der Waals surface area contributed by atoms with Crippen LogP contribution in [0, 0.1) is 0 Å². The smallest absolute Gasteiger partial charge is 0.154 e. The van der Waals surface area contributed by atoms with Gasteiger partial charge in [0.15, 0.2) is 5.78 Å². The Morgan fingerprint density at radius 2 is 0.882 bits per heavy atom. The molecule has 2 N–H and O–H groups in total. The molecule has 3 heteroatoms. The van der Waals surface area contributed by atoms with E-state index in [2.05, 4.69) is 101 Å². The Morgan fingerprint density at radius 1 is 0.588 bits per heavy atom. The van der Waals surface area contributed by atoms with Crippen molar-refractivity contribution in [1.82, 2.24) is 10.6 Å². The summed E-state index contributed by atoms with van der Waals surface area (Å²) < 4.78 is 0. The van der Waals surface area contributed by atoms with E-state index >= 15 is 0 Å². The molecule has 0 aromatic heterocycles. The molecule has 0 amide bonds. The van der Waals surface area contributed by atoms with E-state index < -0.39 is 10.8 Å². The molecule has 2 aliphatic rings. The number of hydrogen-bond acceptors (Lipinski definition) is 3. The minimum Gasteiger partial charge on any atom is -0.317 e. The third kappa shape index (κ3) is 4.62. The molecule has 0 spiro atoms. The third-order valence-corrected chi connectivity index (χ3v) is 8.39. The summed E-state index contributed by atoms with van der Waals surface area (Å²) in [5.41, 5.74) is 4.41. The first-order chi connectivity index (χ1) is 16.0. The van der Waals surface area contributed by atoms with Gasteiger partial charge in [-0.3, -0.25) is 4.79 Å². The number of hydrogen-bond donors (Lipinski definition) is 2. The molecule has 2 aromatic carbocycles. The number of benzene rings is 2. The number of carbonyl (C=O) groups excluding carboxylic acids is 1. The molecule has 0 bridgehead atoms. The highest BCUT2D eigenvalue weighted by Crippen LogP contribution is 2.46. The first kappa shape index (κ1) is 25.1. The Bertz CT molecular complexity index is 896. The lowest BCUT2D eigenvalue weighted by Crippen LogP contribution is -2.56. The van der Waals surface area contributed by atoms with Crippen LogP contribution in [0.25, 0.3) is 0 Å². The third-order valence-electron chi connectivity index (χ3n) is 8.39. The molecule has 34 heavy (non-hydrogen) atoms. The second-order valence-corrected chi connectivity index (χ2v) is 12.6. The number of carbonyl (C=O) groups is 1. The highest BCUT2D eigenvalue weighted by Gasteiger charge is 2.52. The lowest BCUT2D eigenvalue weighted by molar-refractivity contribution is -0.132. The van der Waals surface area contributed by atoms with Crippen molar-refractivity contribution in [3.05, 3.63) is 70.8 Å². The van der Waals surface area contributed by atoms with E-state index in [0.29, 0.717) is 5.78 Å². The Hall–Kier alpha value is -1.97. The average Bonchev–Trinajstić information content (AvgIpc) is 2.83. The van der Waals surface area contributed by atoms with Gasteiger partial charge in [-0.05, 0) is 84.9 Å². The average molecular weight is 461 g/mol. The zero-order valence-corrected chi connectivity index (χ0v) is 22.2. The molecule has 2 aliphatic heterocycles. The molecule has 2 aromatic rings. The standard InChI is InChI=1S/C31H44N2O/c1-28(2,3)23-7-11-25(12-8-23)30(15-19-32-20-16-30)27(34)31(17-21-33-22-18-31)26-13-9-24(10-14-26)29(4,5)6/h7-14,32-33H,15-22H2,1-6H3. The fourth-order valence-electron chi connectivity index (χ4n) is 6.04. The molecule has 2 fully saturated rings. The summed E-state index contributed by atoms with van der Waals surface area (Å²) in [7, 11) is 0. The lowest BCUT2D eigenvalue weighted by Gasteiger charge is -2.46. The summed E-state index contributed by atoms with van der Waals surface area (Å²) in [4.78, 5) is 14.9. The molecule has 0 radical (unpaired) electrons. The number of nitrogens with one attached hydrogen (secondary N) is 2. The van der Waals surface area contributed by atoms with E-state index in [4.69, 9.17) is 0 Å². The zero-order valence-electron chi connectivity index (χ0n) is 22.2. The monoisotopic (exact) mass is 460 g/mol. The predicted octanol–water partition coefficient (Wildman–Crippen LogP) is 5.79. The first-order valence-corrected chi connectivity index (χ1v) is 13.2. The second kappa shape index (κ2) is 9.24. The maximum absolute atomic E-state index is 14.9. The largest absolute Gasteiger partial charge is 0.317 e. The van der Waals surface area contributed by atoms with Gasteiger partial charge < -0.3 is 10.6 Å². The van der Waals surface area contributed by atoms with Crippen molar-refractivity contribution in [1.29, 1.82) is 0 Å². The van der Waals surface area contributed by atoms with Gasteiger partial charge in [-0.25, -0.2) is 0 Å². The van der Waals surface area contributed by atoms with Crippen molar-refractivity contribution >= 4 is 5.78 Å². The van der Waals surface area contributed by atoms with Crippen LogP contribution < -0.4 is 10.6 Å². The Balaban J connectivity index is 1.79. The Kier molecular flexibility index (Phi) is 6.83. The van der Waals surface area contributed by atoms with E-state index in [-0.39, 0.29) is 10.8 Å². The molecule has 0 unspecified atom stereocenters. The molecular weight excluding hydrogens is 416 g/mol. The summed E-state index contributed by atoms with van der Waals surface area (Å²) in [6, 6.07) is 18.0. The Morgan fingerprint density at radius 3 is 1.15 bits per heavy atom. The van der Waals surface area contributed by atoms with E-state index in [1.807, 2.05) is 0 Å². The van der Waals surface area contributed by atoms with Gasteiger partial charge in [0.2, 0.25) is 0 Å². The number of rotatable bonds is 4. The zero-order chi connectivity index (χ0) is 24.6. The summed E-state index contributed by atoms with van der Waals surface area (Å²) >= 11 is 0. The normalized spacial score (nSPS) is 20.6. The fourth-order valence-corrected chi connectivity index (χ4v) is 6.04. The van der Waals surface area contributed by atoms with E-state index in [1.54, 1.807) is 0 Å². The van der Waals surface area contributed by atoms with Crippen molar-refractivity contribution in [3.63, 3.8) is 0 Å². The second-order valence-electron chi connectivity index (χ2n) is 12.6. The van der Waals surface area contributed by atoms with Crippen LogP contribution in [-0.2, 0) is 26.5 Å². The van der Waals surface area contributed by atoms with Gasteiger partial charge in [-0.2, -0.15) is 0 Å². The molecular formula is C31H44N2O. The molecule has 0 aliphatic carbocycles. The maximum Gasteiger partial charge on any atom is 0.154 e. The van der Waals surface area contributed by atoms with Gasteiger partial charge in [-0.15, -0.1) is 0 Å². The van der Waals surface area contributed by atoms with Gasteiger partial charge in [0.1, 0.15) is 0 Å². The van der Waals surface area contributed by atoms with Crippen LogP contribution >= 0.6 is 0 Å². The van der Waals surface area contributed by atoms with E-state index in [9.17, 15) is 4.79 Å². The topological polar surface area (TPSA) is 41.1 Å². The fraction of sp³-hybridized carbons (Fsp3) is 0.581. The summed E-state index contributed by atoms with van der Waals surface area (Å²) in [6.45, 7) is 17.1. The van der Waals surface area contributed by atoms with Crippen LogP contribution in [0.5, 0.6) is 0 Å². The van der Waals surface area contributed by atoms with Crippen LogP contribution in [0.15, 0.2) is 48.5 Å². The summed E-state index contributed by atoms with van der Waals surface area (Å²) in [5.74, 6) is 0.440. The summed E-state index contributed by atoms with van der Waals surface area (Å²) in [5, 5.41) is 7.03. The quantitative estimate of drug-likeness (QED) is 0.606. The van der Waals surface area contributed by atoms with Crippen LogP contribution in [0.2, 0.25) is 0 Å². The SMILES string of the molecule is CC(C)(C)c1ccc(C2(C(=O)C3(c4ccc(C(C)(C)C)cc4)CCNCC3)CCNCC2)cc1. The number of ketones is 1. The molecule has 0 saturated carbocycles. The van der Waals surface area contributed by atoms with Crippen molar-refractivity contribution in [3.8, 4) is 0 Å². The highest BCUT2D eigenvalue weighted by atomic mass is 16.1. The van der Waals surface area contributed by atoms with Crippen LogP contribution in [0.4, 0.5) is 0 Å². The Labute approximate surface area is 207 Å². The number of piperidine rings is 2. The van der Waals surface area contributed by atoms with E-state index in [0.717, 1.165) is 51.9 Å². The van der Waals surface area contributed by atoms with Crippen LogP contribution in [-0.4, -0.2) is 32.0 Å². The van der Waals surface area contributed by atoms with Gasteiger partial charge in [-0.1, -0.05) is 90.1 Å². The molecule has 0 atom stereocenters. The lowest BCUT2D eigenvalue weighted by atomic mass is 9.57. The van der Waals surface area contributed by atoms with Gasteiger partial charge in [0.25, 0.3) is 0 Å². The van der Waals surface area contributed by atoms with E-state index in [1.165, 1.54) is 22.3 Å². The van der Waals surface area contributed by atoms with Crippen molar-refractivity contribution in [2.24, 2.45) is 0 Å². The van der Waals surface area contributed by atoms with Crippen molar-refractivity contribution in [2.75, 3.05) is 26.2 Å². The molecule has 2 saturated heterocycles. The number of Topliss-reactive ketones (excluding diaryl/α,β-unsaturated/α-hetero) is 1. The molecule has 3 nitrogen and oxygen atoms in total. The minimum absolute atomic E-state index is 0.106. The predicted molar refractivity (Wildman–Crippen MR) is 143 cm³/mol. The van der Waals surface area contributed by atoms with Crippen molar-refractivity contribution < 1.29 is 4.79 Å². The summed E-state index contributed by atoms with van der Waals surface area (Å²) in [6.07, 6.45) is 3.48. The maximum atomic E-state index is 14.9. The van der Waals surface area contributed by atoms with Gasteiger partial charge in [0.05, 0.1) is 10.8 Å². The van der Waals surface area contributed by atoms with Crippen LogP contribution in [0.3, 0.4) is 0 Å². The molecule has 2 heterocycles. The van der Waals surface area contributed by atoms with Gasteiger partial charge >= 0.3 is 0 Å².